The van der Waals surface area contributed by atoms with Crippen molar-refractivity contribution in [1.82, 2.24) is 4.72 Å². The molecule has 19 heavy (non-hydrogen) atoms. The number of hydrogen-bond acceptors (Lipinski definition) is 4. The first-order valence-corrected chi connectivity index (χ1v) is 8.72. The molecular formula is C11H14Br2N2O3S. The van der Waals surface area contributed by atoms with Crippen LogP contribution in [-0.4, -0.2) is 26.7 Å². The van der Waals surface area contributed by atoms with Gasteiger partial charge >= 0.3 is 0 Å². The average molecular weight is 414 g/mol. The Hall–Kier alpha value is -0.150. The number of nitrogen functional groups attached to an aromatic ring is 1. The normalized spacial score (nSPS) is 17.4. The number of hydrogen-bond donors (Lipinski definition) is 3. The fourth-order valence-corrected chi connectivity index (χ4v) is 4.97. The molecule has 1 fully saturated rings. The fourth-order valence-electron chi connectivity index (χ4n) is 1.75. The Kier molecular flexibility index (Phi) is 4.27. The zero-order chi connectivity index (χ0) is 14.3. The number of aliphatic hydroxyl groups excluding tert-OH is 1. The van der Waals surface area contributed by atoms with E-state index in [2.05, 4.69) is 36.6 Å². The van der Waals surface area contributed by atoms with Crippen LogP contribution in [0.4, 0.5) is 5.69 Å². The van der Waals surface area contributed by atoms with Crippen molar-refractivity contribution in [2.45, 2.75) is 17.7 Å². The zero-order valence-electron chi connectivity index (χ0n) is 9.99. The Bertz CT molecular complexity index is 577. The summed E-state index contributed by atoms with van der Waals surface area (Å²) in [6.07, 6.45) is 1.67. The van der Waals surface area contributed by atoms with Crippen LogP contribution >= 0.6 is 31.9 Å². The monoisotopic (exact) mass is 412 g/mol. The van der Waals surface area contributed by atoms with Crippen LogP contribution in [0, 0.1) is 5.41 Å². The van der Waals surface area contributed by atoms with Gasteiger partial charge in [-0.05, 0) is 40.9 Å². The van der Waals surface area contributed by atoms with Gasteiger partial charge in [0, 0.05) is 27.5 Å². The van der Waals surface area contributed by atoms with E-state index in [1.165, 1.54) is 6.07 Å². The van der Waals surface area contributed by atoms with Gasteiger partial charge in [-0.3, -0.25) is 0 Å². The number of anilines is 1. The molecule has 0 atom stereocenters. The standard InChI is InChI=1S/C11H14Br2N2O3S/c12-7-3-8(13)10(9(14)4-7)19(17,18)15-5-11(6-16)1-2-11/h3-4,15-16H,1-2,5-6,14H2. The van der Waals surface area contributed by atoms with Crippen molar-refractivity contribution >= 4 is 47.6 Å². The highest BCUT2D eigenvalue weighted by Crippen LogP contribution is 2.44. The molecule has 0 aliphatic heterocycles. The smallest absolute Gasteiger partial charge is 0.243 e. The summed E-state index contributed by atoms with van der Waals surface area (Å²) in [5.74, 6) is 0. The Morgan fingerprint density at radius 2 is 2.00 bits per heavy atom. The van der Waals surface area contributed by atoms with Crippen molar-refractivity contribution in [3.63, 3.8) is 0 Å². The van der Waals surface area contributed by atoms with Gasteiger partial charge in [-0.25, -0.2) is 13.1 Å². The van der Waals surface area contributed by atoms with E-state index in [1.807, 2.05) is 0 Å². The third-order valence-corrected chi connectivity index (χ3v) is 6.10. The molecule has 1 aromatic carbocycles. The molecule has 2 rings (SSSR count). The predicted octanol–water partition coefficient (Wildman–Crippen LogP) is 1.84. The molecule has 0 radical (unpaired) electrons. The SMILES string of the molecule is Nc1cc(Br)cc(Br)c1S(=O)(=O)NCC1(CO)CC1. The van der Waals surface area contributed by atoms with Crippen molar-refractivity contribution in [3.05, 3.63) is 21.1 Å². The summed E-state index contributed by atoms with van der Waals surface area (Å²) in [4.78, 5) is 0.0319. The van der Waals surface area contributed by atoms with Gasteiger partial charge in [-0.15, -0.1) is 0 Å². The summed E-state index contributed by atoms with van der Waals surface area (Å²) in [6, 6.07) is 3.17. The van der Waals surface area contributed by atoms with E-state index in [0.29, 0.717) is 8.95 Å². The topological polar surface area (TPSA) is 92.4 Å². The second-order valence-electron chi connectivity index (χ2n) is 4.79. The summed E-state index contributed by atoms with van der Waals surface area (Å²) in [5.41, 5.74) is 5.65. The van der Waals surface area contributed by atoms with E-state index in [1.54, 1.807) is 6.07 Å². The molecule has 1 saturated carbocycles. The van der Waals surface area contributed by atoms with E-state index in [-0.39, 0.29) is 29.1 Å². The molecule has 0 aromatic heterocycles. The van der Waals surface area contributed by atoms with Gasteiger partial charge in [-0.1, -0.05) is 15.9 Å². The van der Waals surface area contributed by atoms with Crippen molar-refractivity contribution in [2.24, 2.45) is 5.41 Å². The van der Waals surface area contributed by atoms with Gasteiger partial charge in [-0.2, -0.15) is 0 Å². The fraction of sp³-hybridized carbons (Fsp3) is 0.455. The lowest BCUT2D eigenvalue weighted by Crippen LogP contribution is -2.32. The van der Waals surface area contributed by atoms with Crippen LogP contribution in [0.3, 0.4) is 0 Å². The number of halogens is 2. The Labute approximate surface area is 128 Å². The van der Waals surface area contributed by atoms with Crippen molar-refractivity contribution in [1.29, 1.82) is 0 Å². The van der Waals surface area contributed by atoms with Crippen LogP contribution in [0.25, 0.3) is 0 Å². The molecule has 5 nitrogen and oxygen atoms in total. The number of benzene rings is 1. The maximum atomic E-state index is 12.3. The van der Waals surface area contributed by atoms with Crippen LogP contribution in [0.1, 0.15) is 12.8 Å². The van der Waals surface area contributed by atoms with Gasteiger partial charge in [0.25, 0.3) is 0 Å². The highest BCUT2D eigenvalue weighted by molar-refractivity contribution is 9.11. The summed E-state index contributed by atoms with van der Waals surface area (Å²) in [6.45, 7) is 0.223. The lowest BCUT2D eigenvalue weighted by Gasteiger charge is -2.15. The first-order chi connectivity index (χ1) is 8.80. The molecule has 106 valence electrons. The van der Waals surface area contributed by atoms with Gasteiger partial charge in [0.05, 0.1) is 5.69 Å². The summed E-state index contributed by atoms with van der Waals surface area (Å²) in [7, 11) is -3.70. The minimum Gasteiger partial charge on any atom is -0.398 e. The van der Waals surface area contributed by atoms with Crippen molar-refractivity contribution in [3.8, 4) is 0 Å². The quantitative estimate of drug-likeness (QED) is 0.642. The molecule has 1 aliphatic carbocycles. The third kappa shape index (κ3) is 3.30. The maximum Gasteiger partial charge on any atom is 0.243 e. The Morgan fingerprint density at radius 1 is 1.37 bits per heavy atom. The van der Waals surface area contributed by atoms with Crippen molar-refractivity contribution in [2.75, 3.05) is 18.9 Å². The van der Waals surface area contributed by atoms with Crippen LogP contribution in [0.2, 0.25) is 0 Å². The van der Waals surface area contributed by atoms with Crippen LogP contribution < -0.4 is 10.5 Å². The van der Waals surface area contributed by atoms with Crippen LogP contribution in [-0.2, 0) is 10.0 Å². The molecule has 0 bridgehead atoms. The lowest BCUT2D eigenvalue weighted by atomic mass is 10.1. The Balaban J connectivity index is 2.25. The molecule has 4 N–H and O–H groups in total. The summed E-state index contributed by atoms with van der Waals surface area (Å²) < 4.78 is 28.1. The number of nitrogens with two attached hydrogens (primary N) is 1. The van der Waals surface area contributed by atoms with E-state index in [9.17, 15) is 13.5 Å². The summed E-state index contributed by atoms with van der Waals surface area (Å²) >= 11 is 6.46. The van der Waals surface area contributed by atoms with E-state index < -0.39 is 10.0 Å². The zero-order valence-corrected chi connectivity index (χ0v) is 14.0. The van der Waals surface area contributed by atoms with Crippen LogP contribution in [0.5, 0.6) is 0 Å². The number of nitrogens with one attached hydrogen (secondary N) is 1. The molecule has 0 amide bonds. The van der Waals surface area contributed by atoms with E-state index in [4.69, 9.17) is 5.73 Å². The molecule has 1 aliphatic rings. The Morgan fingerprint density at radius 3 is 2.47 bits per heavy atom. The van der Waals surface area contributed by atoms with Crippen molar-refractivity contribution < 1.29 is 13.5 Å². The minimum atomic E-state index is -3.70. The third-order valence-electron chi connectivity index (χ3n) is 3.24. The lowest BCUT2D eigenvalue weighted by molar-refractivity contribution is 0.213. The van der Waals surface area contributed by atoms with Gasteiger partial charge < -0.3 is 10.8 Å². The average Bonchev–Trinajstić information content (AvgIpc) is 3.05. The maximum absolute atomic E-state index is 12.3. The first-order valence-electron chi connectivity index (χ1n) is 5.65. The number of sulfonamides is 1. The molecular weight excluding hydrogens is 400 g/mol. The molecule has 0 heterocycles. The molecule has 0 spiro atoms. The van der Waals surface area contributed by atoms with E-state index in [0.717, 1.165) is 12.8 Å². The molecule has 0 saturated heterocycles. The molecule has 8 heteroatoms. The second-order valence-corrected chi connectivity index (χ2v) is 8.26. The van der Waals surface area contributed by atoms with Gasteiger partial charge in [0.2, 0.25) is 10.0 Å². The minimum absolute atomic E-state index is 0.00743. The largest absolute Gasteiger partial charge is 0.398 e. The second kappa shape index (κ2) is 5.33. The predicted molar refractivity (Wildman–Crippen MR) is 80.2 cm³/mol. The van der Waals surface area contributed by atoms with Crippen LogP contribution in [0.15, 0.2) is 26.0 Å². The first kappa shape index (κ1) is 15.2. The highest BCUT2D eigenvalue weighted by Gasteiger charge is 2.42. The van der Waals surface area contributed by atoms with Gasteiger partial charge in [0.1, 0.15) is 4.90 Å². The molecule has 1 aromatic rings. The summed E-state index contributed by atoms with van der Waals surface area (Å²) in [5, 5.41) is 9.19. The number of aliphatic hydroxyl groups is 1. The van der Waals surface area contributed by atoms with E-state index >= 15 is 0 Å². The number of rotatable bonds is 5. The van der Waals surface area contributed by atoms with Gasteiger partial charge in [0.15, 0.2) is 0 Å². The highest BCUT2D eigenvalue weighted by atomic mass is 79.9. The molecule has 0 unspecified atom stereocenters.